The summed E-state index contributed by atoms with van der Waals surface area (Å²) in [4.78, 5) is 45.7. The zero-order chi connectivity index (χ0) is 18.6. The van der Waals surface area contributed by atoms with Crippen molar-refractivity contribution in [3.8, 4) is 0 Å². The maximum absolute atomic E-state index is 12.2. The van der Waals surface area contributed by atoms with Crippen LogP contribution in [0.4, 0.5) is 10.7 Å². The van der Waals surface area contributed by atoms with Gasteiger partial charge in [0.1, 0.15) is 4.88 Å². The van der Waals surface area contributed by atoms with E-state index < -0.39 is 22.9 Å². The van der Waals surface area contributed by atoms with E-state index in [1.54, 1.807) is 24.3 Å². The highest BCUT2D eigenvalue weighted by Crippen LogP contribution is 2.25. The second kappa shape index (κ2) is 7.67. The first-order valence-corrected chi connectivity index (χ1v) is 7.97. The molecule has 9 heteroatoms. The van der Waals surface area contributed by atoms with Gasteiger partial charge in [-0.2, -0.15) is 0 Å². The summed E-state index contributed by atoms with van der Waals surface area (Å²) in [5.41, 5.74) is 0.651. The van der Waals surface area contributed by atoms with Crippen LogP contribution in [0.2, 0.25) is 0 Å². The molecular formula is C16H14N2O6S. The smallest absolute Gasteiger partial charge is 0.349 e. The average molecular weight is 362 g/mol. The molecule has 0 bridgehead atoms. The highest BCUT2D eigenvalue weighted by atomic mass is 32.1. The van der Waals surface area contributed by atoms with Crippen LogP contribution in [-0.2, 0) is 9.53 Å². The fraction of sp³-hybridized carbons (Fsp3) is 0.188. The normalized spacial score (nSPS) is 11.4. The molecule has 0 spiro atoms. The van der Waals surface area contributed by atoms with Gasteiger partial charge in [0.2, 0.25) is 0 Å². The number of ether oxygens (including phenoxy) is 1. The number of benzene rings is 1. The number of carbonyl (C=O) groups is 3. The Labute approximate surface area is 146 Å². The fourth-order valence-electron chi connectivity index (χ4n) is 1.94. The summed E-state index contributed by atoms with van der Waals surface area (Å²) in [6, 6.07) is 8.91. The molecule has 2 rings (SSSR count). The third-order valence-corrected chi connectivity index (χ3v) is 4.21. The molecule has 1 atom stereocenters. The number of amides is 1. The third kappa shape index (κ3) is 4.48. The highest BCUT2D eigenvalue weighted by Gasteiger charge is 2.23. The molecule has 1 heterocycles. The molecule has 0 aliphatic heterocycles. The van der Waals surface area contributed by atoms with Crippen LogP contribution >= 0.6 is 11.3 Å². The van der Waals surface area contributed by atoms with Crippen molar-refractivity contribution < 1.29 is 24.0 Å². The van der Waals surface area contributed by atoms with Crippen LogP contribution in [0.15, 0.2) is 36.4 Å². The number of thiophene rings is 1. The molecule has 0 radical (unpaired) electrons. The Morgan fingerprint density at radius 3 is 2.48 bits per heavy atom. The van der Waals surface area contributed by atoms with E-state index in [-0.39, 0.29) is 15.7 Å². The van der Waals surface area contributed by atoms with Crippen LogP contribution in [0.25, 0.3) is 0 Å². The number of nitrogens with zero attached hydrogens (tertiary/aromatic N) is 1. The van der Waals surface area contributed by atoms with Crippen LogP contribution in [-0.4, -0.2) is 28.7 Å². The molecule has 0 saturated carbocycles. The van der Waals surface area contributed by atoms with Crippen LogP contribution in [0, 0.1) is 10.1 Å². The molecule has 0 unspecified atom stereocenters. The number of nitrogens with one attached hydrogen (secondary N) is 1. The zero-order valence-corrected chi connectivity index (χ0v) is 14.2. The number of para-hydroxylation sites is 1. The number of Topliss-reactive ketones (excluding diaryl/α,β-unsaturated/α-hetero) is 1. The van der Waals surface area contributed by atoms with Gasteiger partial charge < -0.3 is 10.1 Å². The predicted molar refractivity (Wildman–Crippen MR) is 90.9 cm³/mol. The lowest BCUT2D eigenvalue weighted by Gasteiger charge is -2.14. The summed E-state index contributed by atoms with van der Waals surface area (Å²) in [6.07, 6.45) is -1.14. The van der Waals surface area contributed by atoms with E-state index in [0.717, 1.165) is 0 Å². The second-order valence-corrected chi connectivity index (χ2v) is 6.10. The molecule has 0 fully saturated rings. The van der Waals surface area contributed by atoms with Gasteiger partial charge in [0.05, 0.1) is 10.6 Å². The number of hydrogen-bond acceptors (Lipinski definition) is 7. The first kappa shape index (κ1) is 18.3. The van der Waals surface area contributed by atoms with Crippen molar-refractivity contribution in [2.75, 3.05) is 5.32 Å². The lowest BCUT2D eigenvalue weighted by Crippen LogP contribution is -2.30. The number of esters is 1. The molecule has 25 heavy (non-hydrogen) atoms. The largest absolute Gasteiger partial charge is 0.448 e. The Morgan fingerprint density at radius 2 is 1.88 bits per heavy atom. The molecule has 2 aromatic rings. The molecule has 1 aromatic heterocycles. The molecule has 1 amide bonds. The first-order chi connectivity index (χ1) is 11.8. The topological polar surface area (TPSA) is 116 Å². The van der Waals surface area contributed by atoms with Gasteiger partial charge in [0.25, 0.3) is 5.91 Å². The lowest BCUT2D eigenvalue weighted by molar-refractivity contribution is -0.380. The van der Waals surface area contributed by atoms with Crippen molar-refractivity contribution in [3.05, 3.63) is 57.0 Å². The summed E-state index contributed by atoms with van der Waals surface area (Å²) in [7, 11) is 0. The van der Waals surface area contributed by atoms with Crippen molar-refractivity contribution in [2.24, 2.45) is 0 Å². The Morgan fingerprint density at radius 1 is 1.20 bits per heavy atom. The molecular weight excluding hydrogens is 348 g/mol. The zero-order valence-electron chi connectivity index (χ0n) is 13.3. The van der Waals surface area contributed by atoms with Crippen molar-refractivity contribution in [3.63, 3.8) is 0 Å². The van der Waals surface area contributed by atoms with Crippen LogP contribution in [0.5, 0.6) is 0 Å². The van der Waals surface area contributed by atoms with Crippen molar-refractivity contribution in [1.82, 2.24) is 0 Å². The van der Waals surface area contributed by atoms with E-state index in [1.807, 2.05) is 0 Å². The molecule has 1 N–H and O–H groups in total. The number of hydrogen-bond donors (Lipinski definition) is 1. The minimum atomic E-state index is -1.14. The Bertz CT molecular complexity index is 845. The van der Waals surface area contributed by atoms with E-state index in [1.165, 1.54) is 26.0 Å². The standard InChI is InChI=1S/C16H14N2O6S/c1-9(19)11-5-3-4-6-12(11)17-15(20)10(2)24-16(21)13-7-8-14(25-13)18(22)23/h3-8,10H,1-2H3,(H,17,20)/t10-/m0/s1. The summed E-state index contributed by atoms with van der Waals surface area (Å²) in [5, 5.41) is 13.0. The summed E-state index contributed by atoms with van der Waals surface area (Å²) in [6.45, 7) is 2.74. The van der Waals surface area contributed by atoms with E-state index in [0.29, 0.717) is 22.6 Å². The van der Waals surface area contributed by atoms with Gasteiger partial charge in [-0.3, -0.25) is 19.7 Å². The monoisotopic (exact) mass is 362 g/mol. The van der Waals surface area contributed by atoms with Crippen molar-refractivity contribution >= 4 is 39.7 Å². The van der Waals surface area contributed by atoms with Crippen LogP contribution in [0.3, 0.4) is 0 Å². The number of rotatable bonds is 6. The second-order valence-electron chi connectivity index (χ2n) is 5.03. The van der Waals surface area contributed by atoms with E-state index in [2.05, 4.69) is 5.32 Å². The summed E-state index contributed by atoms with van der Waals surface area (Å²) in [5.74, 6) is -1.67. The van der Waals surface area contributed by atoms with Crippen molar-refractivity contribution in [2.45, 2.75) is 20.0 Å². The summed E-state index contributed by atoms with van der Waals surface area (Å²) >= 11 is 0.663. The highest BCUT2D eigenvalue weighted by molar-refractivity contribution is 7.17. The van der Waals surface area contributed by atoms with Crippen LogP contribution < -0.4 is 5.32 Å². The van der Waals surface area contributed by atoms with Gasteiger partial charge in [-0.1, -0.05) is 23.5 Å². The maximum atomic E-state index is 12.2. The lowest BCUT2D eigenvalue weighted by atomic mass is 10.1. The van der Waals surface area contributed by atoms with Gasteiger partial charge in [-0.05, 0) is 32.0 Å². The van der Waals surface area contributed by atoms with E-state index in [4.69, 9.17) is 4.74 Å². The molecule has 0 aliphatic rings. The Hall–Kier alpha value is -3.07. The molecule has 130 valence electrons. The van der Waals surface area contributed by atoms with Gasteiger partial charge in [-0.15, -0.1) is 0 Å². The SMILES string of the molecule is CC(=O)c1ccccc1NC(=O)[C@H](C)OC(=O)c1ccc([N+](=O)[O-])s1. The number of anilines is 1. The minimum Gasteiger partial charge on any atom is -0.448 e. The summed E-state index contributed by atoms with van der Waals surface area (Å²) < 4.78 is 5.02. The Balaban J connectivity index is 2.04. The van der Waals surface area contributed by atoms with Gasteiger partial charge in [0, 0.05) is 11.6 Å². The quantitative estimate of drug-likeness (QED) is 0.365. The molecule has 8 nitrogen and oxygen atoms in total. The molecule has 0 saturated heterocycles. The molecule has 1 aromatic carbocycles. The van der Waals surface area contributed by atoms with E-state index >= 15 is 0 Å². The van der Waals surface area contributed by atoms with Crippen LogP contribution in [0.1, 0.15) is 33.9 Å². The number of nitro groups is 1. The maximum Gasteiger partial charge on any atom is 0.349 e. The van der Waals surface area contributed by atoms with Gasteiger partial charge in [0.15, 0.2) is 11.9 Å². The average Bonchev–Trinajstić information content (AvgIpc) is 3.05. The number of carbonyl (C=O) groups excluding carboxylic acids is 3. The molecule has 0 aliphatic carbocycles. The van der Waals surface area contributed by atoms with Crippen molar-refractivity contribution in [1.29, 1.82) is 0 Å². The van der Waals surface area contributed by atoms with E-state index in [9.17, 15) is 24.5 Å². The van der Waals surface area contributed by atoms with Gasteiger partial charge >= 0.3 is 11.0 Å². The fourth-order valence-corrected chi connectivity index (χ4v) is 2.64. The number of ketones is 1. The third-order valence-electron chi connectivity index (χ3n) is 3.19. The van der Waals surface area contributed by atoms with Gasteiger partial charge in [-0.25, -0.2) is 4.79 Å². The minimum absolute atomic E-state index is 0.0236. The predicted octanol–water partition coefficient (Wildman–Crippen LogP) is 3.04. The Kier molecular flexibility index (Phi) is 5.60. The first-order valence-electron chi connectivity index (χ1n) is 7.15.